The van der Waals surface area contributed by atoms with Gasteiger partial charge < -0.3 is 14.4 Å². The number of carbonyl (C=O) groups excluding carboxylic acids is 1. The fraction of sp³-hybridized carbons (Fsp3) is 0.833. The summed E-state index contributed by atoms with van der Waals surface area (Å²) in [4.78, 5) is 12.5. The minimum absolute atomic E-state index is 0. The van der Waals surface area contributed by atoms with Crippen molar-refractivity contribution < 1.29 is 14.3 Å². The molecule has 0 aromatic carbocycles. The van der Waals surface area contributed by atoms with Gasteiger partial charge in [0.15, 0.2) is 0 Å². The summed E-state index contributed by atoms with van der Waals surface area (Å²) in [5, 5.41) is 0. The van der Waals surface area contributed by atoms with E-state index in [9.17, 15) is 4.79 Å². The lowest BCUT2D eigenvalue weighted by atomic mass is 10.5. The maximum atomic E-state index is 11.0. The Morgan fingerprint density at radius 3 is 2.58 bits per heavy atom. The zero-order valence-corrected chi connectivity index (χ0v) is 7.51. The van der Waals surface area contributed by atoms with Gasteiger partial charge >= 0.3 is 6.09 Å². The highest BCUT2D eigenvalue weighted by atomic mass is 35.5. The predicted molar refractivity (Wildman–Crippen MR) is 45.2 cm³/mol. The van der Waals surface area contributed by atoms with Gasteiger partial charge in [-0.25, -0.2) is 4.79 Å². The van der Waals surface area contributed by atoms with E-state index >= 15 is 0 Å². The van der Waals surface area contributed by atoms with E-state index in [-0.39, 0.29) is 25.2 Å². The first kappa shape index (κ1) is 11.5. The lowest BCUT2D eigenvalue weighted by molar-refractivity contribution is 0.0279. The summed E-state index contributed by atoms with van der Waals surface area (Å²) in [6.45, 7) is 2.30. The summed E-state index contributed by atoms with van der Waals surface area (Å²) >= 11 is 0. The van der Waals surface area contributed by atoms with E-state index in [1.54, 1.807) is 4.90 Å². The third-order valence-electron chi connectivity index (χ3n) is 1.48. The Balaban J connectivity index is 0.00000121. The van der Waals surface area contributed by atoms with Crippen LogP contribution in [0, 0.1) is 0 Å². The van der Waals surface area contributed by atoms with Crippen molar-refractivity contribution >= 4 is 18.5 Å². The molecule has 2 N–H and O–H groups in total. The second-order valence-corrected chi connectivity index (χ2v) is 2.18. The second-order valence-electron chi connectivity index (χ2n) is 2.18. The molecule has 0 unspecified atom stereocenters. The molecular weight excluding hydrogens is 184 g/mol. The van der Waals surface area contributed by atoms with Crippen LogP contribution in [-0.4, -0.2) is 44.0 Å². The van der Waals surface area contributed by atoms with E-state index in [0.29, 0.717) is 26.3 Å². The first-order valence-corrected chi connectivity index (χ1v) is 3.54. The number of halogens is 1. The van der Waals surface area contributed by atoms with Crippen molar-refractivity contribution in [2.45, 2.75) is 0 Å². The van der Waals surface area contributed by atoms with Crippen LogP contribution in [0.5, 0.6) is 0 Å². The molecule has 0 atom stereocenters. The highest BCUT2D eigenvalue weighted by molar-refractivity contribution is 5.85. The van der Waals surface area contributed by atoms with Crippen LogP contribution in [0.4, 0.5) is 4.79 Å². The monoisotopic (exact) mass is 196 g/mol. The number of nitrogens with two attached hydrogens (primary N) is 1. The van der Waals surface area contributed by atoms with Crippen LogP contribution in [0.25, 0.3) is 0 Å². The molecule has 1 aliphatic heterocycles. The molecule has 0 aromatic heterocycles. The van der Waals surface area contributed by atoms with Crippen molar-refractivity contribution in [2.75, 3.05) is 33.0 Å². The molecule has 0 radical (unpaired) electrons. The Hall–Kier alpha value is -0.520. The van der Waals surface area contributed by atoms with Gasteiger partial charge in [0.1, 0.15) is 6.73 Å². The smallest absolute Gasteiger partial charge is 0.411 e. The number of morpholine rings is 1. The number of nitrogens with zero attached hydrogens (tertiary/aromatic N) is 1. The maximum Gasteiger partial charge on any atom is 0.411 e. The molecule has 0 saturated carbocycles. The highest BCUT2D eigenvalue weighted by Crippen LogP contribution is 1.98. The van der Waals surface area contributed by atoms with E-state index in [4.69, 9.17) is 10.5 Å². The minimum atomic E-state index is -0.351. The SMILES string of the molecule is Cl.NCOC(=O)N1CCOCC1. The molecule has 6 heteroatoms. The number of hydrogen-bond acceptors (Lipinski definition) is 4. The van der Waals surface area contributed by atoms with E-state index in [1.165, 1.54) is 0 Å². The summed E-state index contributed by atoms with van der Waals surface area (Å²) in [6.07, 6.45) is -0.351. The van der Waals surface area contributed by atoms with E-state index in [1.807, 2.05) is 0 Å². The molecule has 0 aromatic rings. The van der Waals surface area contributed by atoms with Crippen molar-refractivity contribution in [3.05, 3.63) is 0 Å². The summed E-state index contributed by atoms with van der Waals surface area (Å²) in [5.41, 5.74) is 5.04. The molecule has 72 valence electrons. The summed E-state index contributed by atoms with van der Waals surface area (Å²) < 4.78 is 9.64. The van der Waals surface area contributed by atoms with Crippen LogP contribution in [0.3, 0.4) is 0 Å². The lowest BCUT2D eigenvalue weighted by Gasteiger charge is -2.25. The fourth-order valence-electron chi connectivity index (χ4n) is 0.909. The lowest BCUT2D eigenvalue weighted by Crippen LogP contribution is -2.41. The standard InChI is InChI=1S/C6H12N2O3.ClH/c7-5-11-6(9)8-1-3-10-4-2-8;/h1-5,7H2;1H. The largest absolute Gasteiger partial charge is 0.434 e. The van der Waals surface area contributed by atoms with Crippen molar-refractivity contribution in [3.63, 3.8) is 0 Å². The van der Waals surface area contributed by atoms with Gasteiger partial charge in [0, 0.05) is 13.1 Å². The van der Waals surface area contributed by atoms with Gasteiger partial charge in [-0.1, -0.05) is 0 Å². The summed E-state index contributed by atoms with van der Waals surface area (Å²) in [6, 6.07) is 0. The molecule has 1 fully saturated rings. The fourth-order valence-corrected chi connectivity index (χ4v) is 0.909. The van der Waals surface area contributed by atoms with Gasteiger partial charge in [0.25, 0.3) is 0 Å². The Kier molecular flexibility index (Phi) is 5.79. The normalized spacial score (nSPS) is 16.6. The van der Waals surface area contributed by atoms with Crippen LogP contribution >= 0.6 is 12.4 Å². The zero-order chi connectivity index (χ0) is 8.10. The summed E-state index contributed by atoms with van der Waals surface area (Å²) in [7, 11) is 0. The molecule has 0 bridgehead atoms. The zero-order valence-electron chi connectivity index (χ0n) is 6.69. The highest BCUT2D eigenvalue weighted by Gasteiger charge is 2.16. The van der Waals surface area contributed by atoms with Gasteiger partial charge in [0.05, 0.1) is 13.2 Å². The van der Waals surface area contributed by atoms with Crippen molar-refractivity contribution in [3.8, 4) is 0 Å². The average molecular weight is 197 g/mol. The van der Waals surface area contributed by atoms with E-state index in [2.05, 4.69) is 4.74 Å². The number of hydrogen-bond donors (Lipinski definition) is 1. The van der Waals surface area contributed by atoms with Crippen molar-refractivity contribution in [1.82, 2.24) is 4.90 Å². The number of carbonyl (C=O) groups is 1. The molecule has 1 saturated heterocycles. The van der Waals surface area contributed by atoms with Gasteiger partial charge in [-0.05, 0) is 0 Å². The van der Waals surface area contributed by atoms with E-state index in [0.717, 1.165) is 0 Å². The van der Waals surface area contributed by atoms with Gasteiger partial charge in [-0.3, -0.25) is 5.73 Å². The third kappa shape index (κ3) is 3.25. The second kappa shape index (κ2) is 6.05. The molecule has 1 aliphatic rings. The number of ether oxygens (including phenoxy) is 2. The topological polar surface area (TPSA) is 64.8 Å². The Morgan fingerprint density at radius 1 is 1.50 bits per heavy atom. The number of amides is 1. The molecular formula is C6H13ClN2O3. The van der Waals surface area contributed by atoms with Crippen LogP contribution in [0.1, 0.15) is 0 Å². The Morgan fingerprint density at radius 2 is 2.08 bits per heavy atom. The molecule has 0 aliphatic carbocycles. The molecule has 12 heavy (non-hydrogen) atoms. The molecule has 0 spiro atoms. The molecule has 1 heterocycles. The summed E-state index contributed by atoms with van der Waals surface area (Å²) in [5.74, 6) is 0. The van der Waals surface area contributed by atoms with Crippen LogP contribution in [0.2, 0.25) is 0 Å². The van der Waals surface area contributed by atoms with Gasteiger partial charge in [0.2, 0.25) is 0 Å². The Labute approximate surface area is 77.2 Å². The van der Waals surface area contributed by atoms with Gasteiger partial charge in [-0.15, -0.1) is 12.4 Å². The molecule has 1 amide bonds. The quantitative estimate of drug-likeness (QED) is 0.590. The first-order chi connectivity index (χ1) is 5.34. The maximum absolute atomic E-state index is 11.0. The van der Waals surface area contributed by atoms with E-state index < -0.39 is 0 Å². The van der Waals surface area contributed by atoms with Crippen LogP contribution in [0.15, 0.2) is 0 Å². The molecule has 1 rings (SSSR count). The molecule has 5 nitrogen and oxygen atoms in total. The first-order valence-electron chi connectivity index (χ1n) is 3.54. The van der Waals surface area contributed by atoms with Crippen molar-refractivity contribution in [2.24, 2.45) is 5.73 Å². The van der Waals surface area contributed by atoms with Crippen molar-refractivity contribution in [1.29, 1.82) is 0 Å². The number of rotatable bonds is 1. The van der Waals surface area contributed by atoms with Crippen LogP contribution in [-0.2, 0) is 9.47 Å². The third-order valence-corrected chi connectivity index (χ3v) is 1.48. The van der Waals surface area contributed by atoms with Gasteiger partial charge in [-0.2, -0.15) is 0 Å². The minimum Gasteiger partial charge on any atom is -0.434 e. The van der Waals surface area contributed by atoms with Crippen LogP contribution < -0.4 is 5.73 Å². The average Bonchev–Trinajstić information content (AvgIpc) is 2.07. The Bertz CT molecular complexity index is 139. The predicted octanol–water partition coefficient (Wildman–Crippen LogP) is -0.207.